The first-order valence-electron chi connectivity index (χ1n) is 6.56. The van der Waals surface area contributed by atoms with E-state index in [9.17, 15) is 4.79 Å². The van der Waals surface area contributed by atoms with Crippen LogP contribution in [0.4, 0.5) is 5.69 Å². The molecule has 20 heavy (non-hydrogen) atoms. The molecule has 2 aromatic heterocycles. The summed E-state index contributed by atoms with van der Waals surface area (Å²) in [5.74, 6) is -0.165. The molecule has 0 aliphatic heterocycles. The Morgan fingerprint density at radius 1 is 1.50 bits per heavy atom. The number of anilines is 1. The van der Waals surface area contributed by atoms with E-state index in [0.29, 0.717) is 30.3 Å². The topological polar surface area (TPSA) is 77.2 Å². The number of carbonyl (C=O) groups excluding carboxylic acids is 1. The summed E-state index contributed by atoms with van der Waals surface area (Å²) in [5.41, 5.74) is 8.60. The van der Waals surface area contributed by atoms with Crippen LogP contribution in [0.5, 0.6) is 0 Å². The van der Waals surface area contributed by atoms with E-state index >= 15 is 0 Å². The number of nitrogens with zero attached hydrogens (tertiary/aromatic N) is 1. The molecule has 0 aliphatic rings. The zero-order chi connectivity index (χ0) is 14.7. The Kier molecular flexibility index (Phi) is 4.57. The highest BCUT2D eigenvalue weighted by Crippen LogP contribution is 2.34. The van der Waals surface area contributed by atoms with Crippen LogP contribution in [0.2, 0.25) is 0 Å². The lowest BCUT2D eigenvalue weighted by Gasteiger charge is -2.04. The average Bonchev–Trinajstić information content (AvgIpc) is 2.71. The van der Waals surface area contributed by atoms with Crippen molar-refractivity contribution in [2.24, 2.45) is 0 Å². The van der Waals surface area contributed by atoms with Crippen molar-refractivity contribution in [2.75, 3.05) is 25.5 Å². The molecule has 2 heterocycles. The fraction of sp³-hybridized carbons (Fsp3) is 0.429. The van der Waals surface area contributed by atoms with Crippen molar-refractivity contribution < 1.29 is 9.53 Å². The van der Waals surface area contributed by atoms with Crippen LogP contribution < -0.4 is 11.1 Å². The summed E-state index contributed by atoms with van der Waals surface area (Å²) in [6, 6.07) is 1.97. The van der Waals surface area contributed by atoms with E-state index in [1.165, 1.54) is 11.3 Å². The number of carbonyl (C=O) groups is 1. The number of rotatable bonds is 5. The minimum atomic E-state index is -0.165. The first kappa shape index (κ1) is 14.7. The lowest BCUT2D eigenvalue weighted by Crippen LogP contribution is -2.27. The maximum Gasteiger partial charge on any atom is 0.263 e. The summed E-state index contributed by atoms with van der Waals surface area (Å²) in [5, 5.41) is 3.69. The fourth-order valence-electron chi connectivity index (χ4n) is 2.10. The second kappa shape index (κ2) is 6.19. The molecule has 2 aromatic rings. The minimum absolute atomic E-state index is 0.165. The second-order valence-corrected chi connectivity index (χ2v) is 5.56. The van der Waals surface area contributed by atoms with Crippen molar-refractivity contribution in [3.63, 3.8) is 0 Å². The third-order valence-electron chi connectivity index (χ3n) is 2.97. The van der Waals surface area contributed by atoms with Crippen LogP contribution in [-0.2, 0) is 4.74 Å². The third kappa shape index (κ3) is 2.91. The standard InChI is InChI=1S/C14H19N3O2S/c1-4-19-6-5-16-13(18)12-11(15)10-8(2)7-9(3)17-14(10)20-12/h7H,4-6,15H2,1-3H3,(H,16,18). The van der Waals surface area contributed by atoms with Crippen LogP contribution in [0.1, 0.15) is 27.9 Å². The Balaban J connectivity index is 2.24. The maximum absolute atomic E-state index is 12.1. The Morgan fingerprint density at radius 3 is 2.95 bits per heavy atom. The molecule has 108 valence electrons. The highest BCUT2D eigenvalue weighted by Gasteiger charge is 2.18. The number of nitrogens with one attached hydrogen (secondary N) is 1. The van der Waals surface area contributed by atoms with Gasteiger partial charge in [0.2, 0.25) is 0 Å². The molecule has 0 bridgehead atoms. The lowest BCUT2D eigenvalue weighted by molar-refractivity contribution is 0.0927. The molecule has 1 amide bonds. The predicted octanol–water partition coefficient (Wildman–Crippen LogP) is 2.26. The second-order valence-electron chi connectivity index (χ2n) is 4.56. The number of nitrogen functional groups attached to an aromatic ring is 1. The largest absolute Gasteiger partial charge is 0.397 e. The number of hydrogen-bond acceptors (Lipinski definition) is 5. The van der Waals surface area contributed by atoms with Crippen LogP contribution in [0.15, 0.2) is 6.07 Å². The van der Waals surface area contributed by atoms with E-state index < -0.39 is 0 Å². The van der Waals surface area contributed by atoms with Gasteiger partial charge in [0, 0.05) is 24.2 Å². The summed E-state index contributed by atoms with van der Waals surface area (Å²) in [6.45, 7) is 7.46. The van der Waals surface area contributed by atoms with Gasteiger partial charge in [-0.15, -0.1) is 11.3 Å². The lowest BCUT2D eigenvalue weighted by atomic mass is 10.1. The van der Waals surface area contributed by atoms with E-state index in [1.54, 1.807) is 0 Å². The van der Waals surface area contributed by atoms with Gasteiger partial charge < -0.3 is 15.8 Å². The van der Waals surface area contributed by atoms with E-state index in [1.807, 2.05) is 26.8 Å². The molecule has 2 rings (SSSR count). The Bertz CT molecular complexity index is 637. The van der Waals surface area contributed by atoms with Crippen molar-refractivity contribution in [3.8, 4) is 0 Å². The monoisotopic (exact) mass is 293 g/mol. The Morgan fingerprint density at radius 2 is 2.25 bits per heavy atom. The molecule has 0 aliphatic carbocycles. The van der Waals surface area contributed by atoms with E-state index in [-0.39, 0.29) is 5.91 Å². The number of pyridine rings is 1. The van der Waals surface area contributed by atoms with Gasteiger partial charge in [0.1, 0.15) is 9.71 Å². The number of nitrogens with two attached hydrogens (primary N) is 1. The molecule has 0 unspecified atom stereocenters. The van der Waals surface area contributed by atoms with Gasteiger partial charge in [-0.05, 0) is 32.4 Å². The molecule has 0 aromatic carbocycles. The molecule has 0 atom stereocenters. The SMILES string of the molecule is CCOCCNC(=O)c1sc2nc(C)cc(C)c2c1N. The van der Waals surface area contributed by atoms with Gasteiger partial charge in [0.25, 0.3) is 5.91 Å². The quantitative estimate of drug-likeness (QED) is 0.829. The fourth-order valence-corrected chi connectivity index (χ4v) is 3.23. The number of amides is 1. The van der Waals surface area contributed by atoms with Crippen molar-refractivity contribution in [1.82, 2.24) is 10.3 Å². The van der Waals surface area contributed by atoms with Gasteiger partial charge in [-0.3, -0.25) is 4.79 Å². The molecule has 0 saturated carbocycles. The number of aromatic nitrogens is 1. The zero-order valence-electron chi connectivity index (χ0n) is 11.9. The van der Waals surface area contributed by atoms with Crippen molar-refractivity contribution in [3.05, 3.63) is 22.2 Å². The summed E-state index contributed by atoms with van der Waals surface area (Å²) in [7, 11) is 0. The van der Waals surface area contributed by atoms with Crippen LogP contribution in [0.3, 0.4) is 0 Å². The van der Waals surface area contributed by atoms with Crippen LogP contribution >= 0.6 is 11.3 Å². The zero-order valence-corrected chi connectivity index (χ0v) is 12.8. The molecule has 5 nitrogen and oxygen atoms in total. The highest BCUT2D eigenvalue weighted by molar-refractivity contribution is 7.21. The van der Waals surface area contributed by atoms with Gasteiger partial charge in [-0.1, -0.05) is 0 Å². The molecular weight excluding hydrogens is 274 g/mol. The molecule has 0 spiro atoms. The highest BCUT2D eigenvalue weighted by atomic mass is 32.1. The normalized spacial score (nSPS) is 10.9. The van der Waals surface area contributed by atoms with Crippen LogP contribution in [0, 0.1) is 13.8 Å². The number of aryl methyl sites for hydroxylation is 2. The van der Waals surface area contributed by atoms with Crippen molar-refractivity contribution in [2.45, 2.75) is 20.8 Å². The van der Waals surface area contributed by atoms with Gasteiger partial charge in [0.15, 0.2) is 0 Å². The van der Waals surface area contributed by atoms with E-state index in [4.69, 9.17) is 10.5 Å². The predicted molar refractivity (Wildman–Crippen MR) is 82.3 cm³/mol. The third-order valence-corrected chi connectivity index (χ3v) is 4.06. The first-order valence-corrected chi connectivity index (χ1v) is 7.38. The minimum Gasteiger partial charge on any atom is -0.397 e. The smallest absolute Gasteiger partial charge is 0.263 e. The molecular formula is C14H19N3O2S. The first-order chi connectivity index (χ1) is 9.54. The summed E-state index contributed by atoms with van der Waals surface area (Å²) >= 11 is 1.34. The number of hydrogen-bond donors (Lipinski definition) is 2. The maximum atomic E-state index is 12.1. The Labute approximate surface area is 122 Å². The number of fused-ring (bicyclic) bond motifs is 1. The molecule has 0 saturated heterocycles. The van der Waals surface area contributed by atoms with Crippen LogP contribution in [0.25, 0.3) is 10.2 Å². The van der Waals surface area contributed by atoms with Gasteiger partial charge in [0.05, 0.1) is 12.3 Å². The Hall–Kier alpha value is -1.66. The molecule has 0 fully saturated rings. The van der Waals surface area contributed by atoms with Gasteiger partial charge in [-0.2, -0.15) is 0 Å². The van der Waals surface area contributed by atoms with Crippen LogP contribution in [-0.4, -0.2) is 30.6 Å². The van der Waals surface area contributed by atoms with Gasteiger partial charge >= 0.3 is 0 Å². The summed E-state index contributed by atoms with van der Waals surface area (Å²) < 4.78 is 5.19. The average molecular weight is 293 g/mol. The number of ether oxygens (including phenoxy) is 1. The van der Waals surface area contributed by atoms with Crippen molar-refractivity contribution in [1.29, 1.82) is 0 Å². The molecule has 6 heteroatoms. The summed E-state index contributed by atoms with van der Waals surface area (Å²) in [4.78, 5) is 17.9. The van der Waals surface area contributed by atoms with E-state index in [2.05, 4.69) is 10.3 Å². The van der Waals surface area contributed by atoms with Gasteiger partial charge in [-0.25, -0.2) is 4.98 Å². The van der Waals surface area contributed by atoms with Crippen molar-refractivity contribution >= 4 is 33.1 Å². The van der Waals surface area contributed by atoms with E-state index in [0.717, 1.165) is 21.5 Å². The summed E-state index contributed by atoms with van der Waals surface area (Å²) in [6.07, 6.45) is 0. The molecule has 3 N–H and O–H groups in total. The molecule has 0 radical (unpaired) electrons. The number of thiophene rings is 1.